The van der Waals surface area contributed by atoms with Gasteiger partial charge in [0.2, 0.25) is 5.95 Å². The molecule has 3 rings (SSSR count). The number of amides is 1. The zero-order chi connectivity index (χ0) is 18.9. The second kappa shape index (κ2) is 9.33. The largest absolute Gasteiger partial charge is 0.494 e. The minimum atomic E-state index is -0.255. The first-order valence-electron chi connectivity index (χ1n) is 8.88. The zero-order valence-corrected chi connectivity index (χ0v) is 15.2. The Kier molecular flexibility index (Phi) is 6.35. The molecule has 0 radical (unpaired) electrons. The molecule has 0 atom stereocenters. The van der Waals surface area contributed by atoms with Crippen molar-refractivity contribution in [2.45, 2.75) is 13.3 Å². The summed E-state index contributed by atoms with van der Waals surface area (Å²) >= 11 is 0. The second-order valence-corrected chi connectivity index (χ2v) is 5.87. The van der Waals surface area contributed by atoms with E-state index < -0.39 is 0 Å². The van der Waals surface area contributed by atoms with Crippen molar-refractivity contribution in [1.82, 2.24) is 9.97 Å². The van der Waals surface area contributed by atoms with Crippen molar-refractivity contribution >= 4 is 17.5 Å². The molecule has 1 amide bonds. The van der Waals surface area contributed by atoms with Crippen LogP contribution in [0.25, 0.3) is 0 Å². The van der Waals surface area contributed by atoms with Gasteiger partial charge in [-0.25, -0.2) is 9.97 Å². The van der Waals surface area contributed by atoms with Gasteiger partial charge < -0.3 is 15.4 Å². The quantitative estimate of drug-likeness (QED) is 0.638. The van der Waals surface area contributed by atoms with E-state index in [-0.39, 0.29) is 5.91 Å². The SMILES string of the molecule is CCOc1ccc(NC(=O)c2cnc(NCCc3ccccc3)nc2)cc1. The Hall–Kier alpha value is -3.41. The molecule has 0 spiro atoms. The molecule has 2 N–H and O–H groups in total. The third-order valence-electron chi connectivity index (χ3n) is 3.88. The van der Waals surface area contributed by atoms with Gasteiger partial charge in [-0.15, -0.1) is 0 Å². The van der Waals surface area contributed by atoms with Gasteiger partial charge >= 0.3 is 0 Å². The maximum atomic E-state index is 12.3. The van der Waals surface area contributed by atoms with Gasteiger partial charge in [-0.05, 0) is 43.2 Å². The molecule has 2 aromatic carbocycles. The van der Waals surface area contributed by atoms with Crippen LogP contribution in [0.2, 0.25) is 0 Å². The third kappa shape index (κ3) is 5.54. The van der Waals surface area contributed by atoms with Crippen LogP contribution < -0.4 is 15.4 Å². The number of carbonyl (C=O) groups excluding carboxylic acids is 1. The summed E-state index contributed by atoms with van der Waals surface area (Å²) in [7, 11) is 0. The van der Waals surface area contributed by atoms with Crippen LogP contribution in [0.4, 0.5) is 11.6 Å². The Morgan fingerprint density at radius 1 is 1.00 bits per heavy atom. The highest BCUT2D eigenvalue weighted by Crippen LogP contribution is 2.16. The normalized spacial score (nSPS) is 10.3. The Morgan fingerprint density at radius 3 is 2.37 bits per heavy atom. The summed E-state index contributed by atoms with van der Waals surface area (Å²) < 4.78 is 5.38. The summed E-state index contributed by atoms with van der Waals surface area (Å²) in [6.45, 7) is 3.26. The van der Waals surface area contributed by atoms with Crippen LogP contribution in [0, 0.1) is 0 Å². The Labute approximate surface area is 158 Å². The summed E-state index contributed by atoms with van der Waals surface area (Å²) in [6, 6.07) is 17.4. The number of rotatable bonds is 8. The predicted molar refractivity (Wildman–Crippen MR) is 106 cm³/mol. The Balaban J connectivity index is 1.50. The first kappa shape index (κ1) is 18.4. The molecule has 0 unspecified atom stereocenters. The standard InChI is InChI=1S/C21H22N4O2/c1-2-27-19-10-8-18(9-11-19)25-20(26)17-14-23-21(24-15-17)22-13-12-16-6-4-3-5-7-16/h3-11,14-15H,2,12-13H2,1H3,(H,25,26)(H,22,23,24). The van der Waals surface area contributed by atoms with Gasteiger partial charge in [0.1, 0.15) is 5.75 Å². The number of hydrogen-bond acceptors (Lipinski definition) is 5. The lowest BCUT2D eigenvalue weighted by Gasteiger charge is -2.08. The lowest BCUT2D eigenvalue weighted by molar-refractivity contribution is 0.102. The molecule has 0 fully saturated rings. The minimum Gasteiger partial charge on any atom is -0.494 e. The summed E-state index contributed by atoms with van der Waals surface area (Å²) in [4.78, 5) is 20.7. The number of ether oxygens (including phenoxy) is 1. The number of nitrogens with one attached hydrogen (secondary N) is 2. The van der Waals surface area contributed by atoms with Gasteiger partial charge in [0.15, 0.2) is 0 Å². The van der Waals surface area contributed by atoms with Gasteiger partial charge in [-0.2, -0.15) is 0 Å². The Morgan fingerprint density at radius 2 is 1.70 bits per heavy atom. The van der Waals surface area contributed by atoms with Crippen molar-refractivity contribution < 1.29 is 9.53 Å². The number of carbonyl (C=O) groups is 1. The van der Waals surface area contributed by atoms with E-state index in [0.29, 0.717) is 23.8 Å². The number of nitrogens with zero attached hydrogens (tertiary/aromatic N) is 2. The molecule has 0 saturated heterocycles. The van der Waals surface area contributed by atoms with Crippen molar-refractivity contribution in [3.63, 3.8) is 0 Å². The van der Waals surface area contributed by atoms with Crippen LogP contribution in [0.3, 0.4) is 0 Å². The molecule has 138 valence electrons. The fourth-order valence-corrected chi connectivity index (χ4v) is 2.50. The lowest BCUT2D eigenvalue weighted by Crippen LogP contribution is -2.14. The maximum Gasteiger partial charge on any atom is 0.258 e. The molecule has 6 heteroatoms. The molecule has 0 aliphatic heterocycles. The van der Waals surface area contributed by atoms with E-state index in [4.69, 9.17) is 4.74 Å². The molecule has 0 aliphatic carbocycles. The second-order valence-electron chi connectivity index (χ2n) is 5.87. The highest BCUT2D eigenvalue weighted by Gasteiger charge is 2.08. The van der Waals surface area contributed by atoms with Crippen LogP contribution >= 0.6 is 0 Å². The maximum absolute atomic E-state index is 12.3. The summed E-state index contributed by atoms with van der Waals surface area (Å²) in [5.74, 6) is 1.02. The predicted octanol–water partition coefficient (Wildman–Crippen LogP) is 3.78. The van der Waals surface area contributed by atoms with Gasteiger partial charge in [0.25, 0.3) is 5.91 Å². The van der Waals surface area contributed by atoms with Gasteiger partial charge in [0, 0.05) is 24.6 Å². The summed E-state index contributed by atoms with van der Waals surface area (Å²) in [6.07, 6.45) is 3.91. The van der Waals surface area contributed by atoms with Crippen LogP contribution in [0.15, 0.2) is 67.0 Å². The minimum absolute atomic E-state index is 0.255. The number of anilines is 2. The molecule has 1 aromatic heterocycles. The molecule has 1 heterocycles. The number of aromatic nitrogens is 2. The molecule has 3 aromatic rings. The first-order chi connectivity index (χ1) is 13.2. The van der Waals surface area contributed by atoms with Crippen molar-refractivity contribution in [3.8, 4) is 5.75 Å². The van der Waals surface area contributed by atoms with E-state index in [9.17, 15) is 4.79 Å². The topological polar surface area (TPSA) is 76.1 Å². The lowest BCUT2D eigenvalue weighted by atomic mass is 10.1. The van der Waals surface area contributed by atoms with Crippen molar-refractivity contribution in [2.75, 3.05) is 23.8 Å². The molecule has 6 nitrogen and oxygen atoms in total. The van der Waals surface area contributed by atoms with E-state index in [1.165, 1.54) is 18.0 Å². The molecular weight excluding hydrogens is 340 g/mol. The van der Waals surface area contributed by atoms with E-state index >= 15 is 0 Å². The summed E-state index contributed by atoms with van der Waals surface area (Å²) in [5, 5.41) is 5.98. The molecule has 0 saturated carbocycles. The number of benzene rings is 2. The third-order valence-corrected chi connectivity index (χ3v) is 3.88. The highest BCUT2D eigenvalue weighted by atomic mass is 16.5. The molecule has 0 bridgehead atoms. The van der Waals surface area contributed by atoms with Crippen LogP contribution in [-0.4, -0.2) is 29.0 Å². The van der Waals surface area contributed by atoms with Crippen molar-refractivity contribution in [2.24, 2.45) is 0 Å². The zero-order valence-electron chi connectivity index (χ0n) is 15.2. The molecular formula is C21H22N4O2. The fraction of sp³-hybridized carbons (Fsp3) is 0.190. The van der Waals surface area contributed by atoms with E-state index in [1.807, 2.05) is 37.3 Å². The number of hydrogen-bond donors (Lipinski definition) is 2. The van der Waals surface area contributed by atoms with Crippen molar-refractivity contribution in [3.05, 3.63) is 78.1 Å². The van der Waals surface area contributed by atoms with Gasteiger partial charge in [-0.3, -0.25) is 4.79 Å². The Bertz CT molecular complexity index is 850. The van der Waals surface area contributed by atoms with E-state index in [0.717, 1.165) is 18.7 Å². The average Bonchev–Trinajstić information content (AvgIpc) is 2.71. The van der Waals surface area contributed by atoms with Gasteiger partial charge in [0.05, 0.1) is 12.2 Å². The van der Waals surface area contributed by atoms with Gasteiger partial charge in [-0.1, -0.05) is 30.3 Å². The van der Waals surface area contributed by atoms with Crippen molar-refractivity contribution in [1.29, 1.82) is 0 Å². The monoisotopic (exact) mass is 362 g/mol. The molecule has 27 heavy (non-hydrogen) atoms. The van der Waals surface area contributed by atoms with E-state index in [2.05, 4.69) is 32.7 Å². The van der Waals surface area contributed by atoms with Crippen LogP contribution in [0.1, 0.15) is 22.8 Å². The highest BCUT2D eigenvalue weighted by molar-refractivity contribution is 6.03. The fourth-order valence-electron chi connectivity index (χ4n) is 2.50. The average molecular weight is 362 g/mol. The summed E-state index contributed by atoms with van der Waals surface area (Å²) in [5.41, 5.74) is 2.34. The molecule has 0 aliphatic rings. The van der Waals surface area contributed by atoms with E-state index in [1.54, 1.807) is 12.1 Å². The van der Waals surface area contributed by atoms with Crippen LogP contribution in [-0.2, 0) is 6.42 Å². The smallest absolute Gasteiger partial charge is 0.258 e. The first-order valence-corrected chi connectivity index (χ1v) is 8.88. The van der Waals surface area contributed by atoms with Crippen LogP contribution in [0.5, 0.6) is 5.75 Å².